The fourth-order valence-corrected chi connectivity index (χ4v) is 4.28. The molecule has 3 aromatic carbocycles. The van der Waals surface area contributed by atoms with Gasteiger partial charge in [0.25, 0.3) is 5.91 Å². The third-order valence-electron chi connectivity index (χ3n) is 4.86. The fraction of sp³-hybridized carbons (Fsp3) is 0. The minimum Gasteiger partial charge on any atom is -0.420 e. The van der Waals surface area contributed by atoms with E-state index in [1.165, 1.54) is 35.6 Å². The van der Waals surface area contributed by atoms with Crippen molar-refractivity contribution in [3.8, 4) is 21.9 Å². The number of carbonyl (C=O) groups is 1. The normalized spacial score (nSPS) is 10.9. The maximum Gasteiger partial charge on any atom is 0.360 e. The van der Waals surface area contributed by atoms with Crippen molar-refractivity contribution >= 4 is 33.1 Å². The summed E-state index contributed by atoms with van der Waals surface area (Å²) < 4.78 is 19.8. The van der Waals surface area contributed by atoms with Crippen molar-refractivity contribution < 1.29 is 13.6 Å². The summed E-state index contributed by atoms with van der Waals surface area (Å²) in [6.45, 7) is 0. The molecular formula is C25H15FN2O3S. The Morgan fingerprint density at radius 1 is 0.938 bits per heavy atom. The molecule has 5 nitrogen and oxygen atoms in total. The number of nitrogens with zero attached hydrogens (tertiary/aromatic N) is 1. The quantitative estimate of drug-likeness (QED) is 0.372. The molecule has 0 atom stereocenters. The Hall–Kier alpha value is -4.10. The number of para-hydroxylation sites is 1. The average molecular weight is 442 g/mol. The first-order valence-corrected chi connectivity index (χ1v) is 10.6. The van der Waals surface area contributed by atoms with Gasteiger partial charge in [-0.1, -0.05) is 42.5 Å². The highest BCUT2D eigenvalue weighted by Gasteiger charge is 2.19. The third-order valence-corrected chi connectivity index (χ3v) is 5.93. The largest absolute Gasteiger partial charge is 0.420 e. The Morgan fingerprint density at radius 3 is 2.41 bits per heavy atom. The van der Waals surface area contributed by atoms with E-state index in [1.54, 1.807) is 6.07 Å². The summed E-state index contributed by atoms with van der Waals surface area (Å²) in [5.41, 5.74) is 1.65. The van der Waals surface area contributed by atoms with E-state index in [2.05, 4.69) is 10.3 Å². The Morgan fingerprint density at radius 2 is 1.66 bits per heavy atom. The number of aromatic nitrogens is 1. The van der Waals surface area contributed by atoms with E-state index in [9.17, 15) is 14.0 Å². The smallest absolute Gasteiger partial charge is 0.360 e. The van der Waals surface area contributed by atoms with Crippen molar-refractivity contribution in [3.05, 3.63) is 107 Å². The van der Waals surface area contributed by atoms with Crippen LogP contribution in [0.5, 0.6) is 0 Å². The maximum atomic E-state index is 13.2. The zero-order valence-electron chi connectivity index (χ0n) is 16.5. The van der Waals surface area contributed by atoms with E-state index in [-0.39, 0.29) is 11.3 Å². The number of hydrogen-bond donors (Lipinski definition) is 1. The summed E-state index contributed by atoms with van der Waals surface area (Å²) in [7, 11) is 0. The molecule has 0 spiro atoms. The lowest BCUT2D eigenvalue weighted by Gasteiger charge is -2.10. The summed E-state index contributed by atoms with van der Waals surface area (Å²) >= 11 is 1.46. The first-order chi connectivity index (χ1) is 15.6. The minimum absolute atomic E-state index is 0.0201. The number of halogens is 1. The second-order valence-electron chi connectivity index (χ2n) is 7.00. The van der Waals surface area contributed by atoms with Crippen LogP contribution in [0.3, 0.4) is 0 Å². The molecule has 156 valence electrons. The average Bonchev–Trinajstić information content (AvgIpc) is 3.25. The summed E-state index contributed by atoms with van der Waals surface area (Å²) in [5, 5.41) is 3.24. The van der Waals surface area contributed by atoms with Gasteiger partial charge in [-0.2, -0.15) is 0 Å². The Kier molecular flexibility index (Phi) is 5.09. The van der Waals surface area contributed by atoms with Gasteiger partial charge in [0.2, 0.25) is 0 Å². The van der Waals surface area contributed by atoms with Crippen LogP contribution < -0.4 is 10.9 Å². The molecular weight excluding hydrogens is 427 g/mol. The van der Waals surface area contributed by atoms with Crippen molar-refractivity contribution in [2.45, 2.75) is 0 Å². The lowest BCUT2D eigenvalue weighted by Crippen LogP contribution is -2.18. The minimum atomic E-state index is -0.691. The van der Waals surface area contributed by atoms with Gasteiger partial charge in [-0.3, -0.25) is 4.79 Å². The number of rotatable bonds is 4. The van der Waals surface area contributed by atoms with Gasteiger partial charge in [-0.25, -0.2) is 14.2 Å². The zero-order chi connectivity index (χ0) is 22.1. The molecule has 0 fully saturated rings. The van der Waals surface area contributed by atoms with Gasteiger partial charge in [0.1, 0.15) is 22.3 Å². The van der Waals surface area contributed by atoms with Gasteiger partial charge in [0.15, 0.2) is 0 Å². The summed E-state index contributed by atoms with van der Waals surface area (Å²) in [4.78, 5) is 30.0. The number of thiazole rings is 1. The van der Waals surface area contributed by atoms with Gasteiger partial charge < -0.3 is 9.73 Å². The van der Waals surface area contributed by atoms with Crippen LogP contribution in [0.15, 0.2) is 94.1 Å². The van der Waals surface area contributed by atoms with E-state index < -0.39 is 17.3 Å². The molecule has 0 saturated heterocycles. The molecule has 5 rings (SSSR count). The van der Waals surface area contributed by atoms with Crippen LogP contribution in [0.25, 0.3) is 32.1 Å². The fourth-order valence-electron chi connectivity index (χ4n) is 3.30. The monoisotopic (exact) mass is 442 g/mol. The van der Waals surface area contributed by atoms with Gasteiger partial charge in [-0.15, -0.1) is 11.3 Å². The van der Waals surface area contributed by atoms with E-state index in [0.717, 1.165) is 15.8 Å². The molecule has 2 heterocycles. The highest BCUT2D eigenvalue weighted by molar-refractivity contribution is 7.21. The molecule has 2 aromatic heterocycles. The molecule has 5 aromatic rings. The zero-order valence-corrected chi connectivity index (χ0v) is 17.4. The van der Waals surface area contributed by atoms with Crippen molar-refractivity contribution in [1.29, 1.82) is 0 Å². The number of carbonyl (C=O) groups excluding carboxylic acids is 1. The third kappa shape index (κ3) is 3.81. The molecule has 32 heavy (non-hydrogen) atoms. The molecule has 0 aliphatic rings. The Balaban J connectivity index is 1.63. The van der Waals surface area contributed by atoms with Crippen LogP contribution in [0.2, 0.25) is 0 Å². The molecule has 0 aliphatic heterocycles. The van der Waals surface area contributed by atoms with E-state index in [1.807, 2.05) is 54.6 Å². The topological polar surface area (TPSA) is 72.2 Å². The number of benzene rings is 3. The first-order valence-electron chi connectivity index (χ1n) is 9.75. The van der Waals surface area contributed by atoms with E-state index >= 15 is 0 Å². The van der Waals surface area contributed by atoms with Crippen LogP contribution in [-0.2, 0) is 0 Å². The number of nitrogens with one attached hydrogen (secondary N) is 1. The van der Waals surface area contributed by atoms with Crippen molar-refractivity contribution in [3.63, 3.8) is 0 Å². The molecule has 1 amide bonds. The number of fused-ring (bicyclic) bond motifs is 1. The summed E-state index contributed by atoms with van der Waals surface area (Å²) in [6, 6.07) is 23.6. The number of amides is 1. The molecule has 0 unspecified atom stereocenters. The van der Waals surface area contributed by atoms with Gasteiger partial charge in [0.05, 0.1) is 15.8 Å². The predicted octanol–water partition coefficient (Wildman–Crippen LogP) is 5.97. The van der Waals surface area contributed by atoms with Crippen molar-refractivity contribution in [2.75, 3.05) is 5.32 Å². The van der Waals surface area contributed by atoms with Crippen LogP contribution in [-0.4, -0.2) is 10.9 Å². The summed E-state index contributed by atoms with van der Waals surface area (Å²) in [5.74, 6) is -0.624. The molecule has 1 N–H and O–H groups in total. The highest BCUT2D eigenvalue weighted by Crippen LogP contribution is 2.37. The van der Waals surface area contributed by atoms with Crippen molar-refractivity contribution in [2.24, 2.45) is 0 Å². The highest BCUT2D eigenvalue weighted by atomic mass is 32.1. The van der Waals surface area contributed by atoms with Gasteiger partial charge in [-0.05, 0) is 42.5 Å². The van der Waals surface area contributed by atoms with Crippen LogP contribution in [0.4, 0.5) is 10.1 Å². The second kappa shape index (κ2) is 8.20. The van der Waals surface area contributed by atoms with Gasteiger partial charge in [0, 0.05) is 11.1 Å². The van der Waals surface area contributed by atoms with Crippen LogP contribution in [0, 0.1) is 5.82 Å². The van der Waals surface area contributed by atoms with Crippen LogP contribution >= 0.6 is 11.3 Å². The van der Waals surface area contributed by atoms with Crippen LogP contribution in [0.1, 0.15) is 10.4 Å². The Labute approximate surface area is 185 Å². The molecule has 0 aliphatic carbocycles. The van der Waals surface area contributed by atoms with Gasteiger partial charge >= 0.3 is 5.63 Å². The molecule has 7 heteroatoms. The Bertz CT molecular complexity index is 1460. The predicted molar refractivity (Wildman–Crippen MR) is 123 cm³/mol. The standard InChI is InChI=1S/C25H15FN2O3S/c26-17-12-10-16(11-13-17)23(29)27-20-14-18(24-28-19-8-4-5-9-21(19)32-24)22(31-25(20)30)15-6-2-1-3-7-15/h1-14H,(H,27,29). The van der Waals surface area contributed by atoms with E-state index in [4.69, 9.17) is 4.42 Å². The van der Waals surface area contributed by atoms with E-state index in [0.29, 0.717) is 16.3 Å². The number of anilines is 1. The summed E-state index contributed by atoms with van der Waals surface area (Å²) in [6.07, 6.45) is 0. The SMILES string of the molecule is O=C(Nc1cc(-c2nc3ccccc3s2)c(-c2ccccc2)oc1=O)c1ccc(F)cc1. The molecule has 0 radical (unpaired) electrons. The lowest BCUT2D eigenvalue weighted by atomic mass is 10.1. The molecule has 0 bridgehead atoms. The maximum absolute atomic E-state index is 13.2. The molecule has 0 saturated carbocycles. The number of hydrogen-bond acceptors (Lipinski definition) is 5. The second-order valence-corrected chi connectivity index (χ2v) is 8.03. The lowest BCUT2D eigenvalue weighted by molar-refractivity contribution is 0.102. The first kappa shape index (κ1) is 19.8. The van der Waals surface area contributed by atoms with Crippen molar-refractivity contribution in [1.82, 2.24) is 4.98 Å².